The maximum atomic E-state index is 12.6. The Morgan fingerprint density at radius 3 is 1.58 bits per heavy atom. The molecule has 0 aromatic heterocycles. The van der Waals surface area contributed by atoms with Crippen molar-refractivity contribution in [2.45, 2.75) is 174 Å². The molecule has 0 unspecified atom stereocenters. The van der Waals surface area contributed by atoms with Crippen LogP contribution in [0.4, 0.5) is 0 Å². The van der Waals surface area contributed by atoms with Gasteiger partial charge in [0.2, 0.25) is 17.7 Å². The molecule has 0 bridgehead atoms. The number of unbranched alkanes of at least 4 members (excludes halogenated alkanes) is 15. The highest BCUT2D eigenvalue weighted by atomic mass is 16.5. The van der Waals surface area contributed by atoms with Crippen molar-refractivity contribution in [2.24, 2.45) is 5.92 Å². The molecule has 13 nitrogen and oxygen atoms in total. The summed E-state index contributed by atoms with van der Waals surface area (Å²) in [6.07, 6.45) is 18.5. The number of Topliss-reactive ketones (excluding diaryl/α,β-unsaturated/α-hetero) is 1. The van der Waals surface area contributed by atoms with Gasteiger partial charge in [-0.2, -0.15) is 0 Å². The number of ketones is 1. The van der Waals surface area contributed by atoms with Crippen LogP contribution in [0.15, 0.2) is 0 Å². The third kappa shape index (κ3) is 30.6. The summed E-state index contributed by atoms with van der Waals surface area (Å²) in [5, 5.41) is 26.1. The van der Waals surface area contributed by atoms with E-state index in [0.717, 1.165) is 38.5 Å². The number of carboxylic acid groups (broad SMARTS) is 2. The third-order valence-electron chi connectivity index (χ3n) is 8.66. The number of aliphatic carboxylic acids is 2. The summed E-state index contributed by atoms with van der Waals surface area (Å²) >= 11 is 0. The lowest BCUT2D eigenvalue weighted by Crippen LogP contribution is -2.55. The predicted molar refractivity (Wildman–Crippen MR) is 201 cm³/mol. The quantitative estimate of drug-likeness (QED) is 0.0468. The summed E-state index contributed by atoms with van der Waals surface area (Å²) in [5.41, 5.74) is -1.24. The number of amides is 3. The van der Waals surface area contributed by atoms with E-state index in [1.807, 2.05) is 13.8 Å². The van der Waals surface area contributed by atoms with Gasteiger partial charge in [-0.1, -0.05) is 104 Å². The molecule has 0 saturated carbocycles. The highest BCUT2D eigenvalue weighted by molar-refractivity contribution is 5.91. The van der Waals surface area contributed by atoms with Crippen molar-refractivity contribution >= 4 is 35.4 Å². The van der Waals surface area contributed by atoms with Crippen LogP contribution in [0.5, 0.6) is 0 Å². The van der Waals surface area contributed by atoms with Crippen molar-refractivity contribution in [1.82, 2.24) is 16.0 Å². The number of carbonyl (C=O) groups is 6. The minimum absolute atomic E-state index is 0.0451. The minimum atomic E-state index is -1.24. The molecule has 0 aliphatic rings. The first-order valence-corrected chi connectivity index (χ1v) is 19.7. The lowest BCUT2D eigenvalue weighted by Gasteiger charge is -2.25. The van der Waals surface area contributed by atoms with Crippen LogP contribution in [0.3, 0.4) is 0 Å². The molecule has 0 saturated heterocycles. The molecule has 52 heavy (non-hydrogen) atoms. The second kappa shape index (κ2) is 31.5. The lowest BCUT2D eigenvalue weighted by molar-refractivity contribution is -0.142. The molecule has 0 aromatic rings. The van der Waals surface area contributed by atoms with Crippen LogP contribution >= 0.6 is 0 Å². The van der Waals surface area contributed by atoms with Gasteiger partial charge in [-0.25, -0.2) is 4.79 Å². The number of hydrogen-bond donors (Lipinski definition) is 5. The first-order chi connectivity index (χ1) is 24.7. The van der Waals surface area contributed by atoms with Gasteiger partial charge in [0.05, 0.1) is 19.8 Å². The Kier molecular flexibility index (Phi) is 29.6. The van der Waals surface area contributed by atoms with Gasteiger partial charge in [0.25, 0.3) is 0 Å². The molecule has 0 aliphatic carbocycles. The second-order valence-corrected chi connectivity index (χ2v) is 14.8. The lowest BCUT2D eigenvalue weighted by atomic mass is 10.0. The Labute approximate surface area is 312 Å². The fourth-order valence-corrected chi connectivity index (χ4v) is 5.68. The molecule has 302 valence electrons. The van der Waals surface area contributed by atoms with Crippen molar-refractivity contribution < 1.29 is 48.5 Å². The van der Waals surface area contributed by atoms with Crippen molar-refractivity contribution in [1.29, 1.82) is 0 Å². The Morgan fingerprint density at radius 2 is 1.10 bits per heavy atom. The van der Waals surface area contributed by atoms with Gasteiger partial charge in [-0.15, -0.1) is 0 Å². The summed E-state index contributed by atoms with van der Waals surface area (Å²) in [6, 6.07) is -1.19. The number of hydrogen-bond acceptors (Lipinski definition) is 8. The summed E-state index contributed by atoms with van der Waals surface area (Å²) in [5.74, 6) is -2.86. The molecule has 5 N–H and O–H groups in total. The van der Waals surface area contributed by atoms with Gasteiger partial charge in [0.15, 0.2) is 5.78 Å². The Bertz CT molecular complexity index is 1020. The van der Waals surface area contributed by atoms with Crippen molar-refractivity contribution in [3.05, 3.63) is 0 Å². The van der Waals surface area contributed by atoms with Crippen LogP contribution in [0.25, 0.3) is 0 Å². The maximum Gasteiger partial charge on any atom is 0.326 e. The van der Waals surface area contributed by atoms with E-state index in [0.29, 0.717) is 12.8 Å². The van der Waals surface area contributed by atoms with Crippen LogP contribution in [0.1, 0.15) is 163 Å². The van der Waals surface area contributed by atoms with Crippen molar-refractivity contribution in [3.63, 3.8) is 0 Å². The van der Waals surface area contributed by atoms with Gasteiger partial charge < -0.3 is 35.6 Å². The van der Waals surface area contributed by atoms with E-state index in [1.165, 1.54) is 57.8 Å². The first kappa shape index (κ1) is 48.9. The Balaban J connectivity index is 3.94. The Morgan fingerprint density at radius 1 is 0.615 bits per heavy atom. The average molecular weight is 742 g/mol. The molecule has 1 atom stereocenters. The predicted octanol–water partition coefficient (Wildman–Crippen LogP) is 6.10. The summed E-state index contributed by atoms with van der Waals surface area (Å²) < 4.78 is 10.7. The number of nitrogens with one attached hydrogen (secondary N) is 3. The normalized spacial score (nSPS) is 12.0. The molecule has 0 heterocycles. The van der Waals surface area contributed by atoms with E-state index >= 15 is 0 Å². The number of carbonyl (C=O) groups excluding carboxylic acids is 4. The van der Waals surface area contributed by atoms with E-state index in [1.54, 1.807) is 13.8 Å². The molecular formula is C39H71N3O10. The van der Waals surface area contributed by atoms with Crippen LogP contribution < -0.4 is 16.0 Å². The monoisotopic (exact) mass is 742 g/mol. The number of carboxylic acids is 2. The van der Waals surface area contributed by atoms with E-state index in [-0.39, 0.29) is 76.3 Å². The average Bonchev–Trinajstić information content (AvgIpc) is 3.06. The standard InChI is InChI=1S/C39H71N3O10/c1-31(2)29-32(43)30-52-28-27-51-26-25-40-38(50)39(3,4)42-35(45)24-23-33(37(48)49)41-34(44)21-19-17-15-13-11-9-7-5-6-8-10-12-14-16-18-20-22-36(46)47/h31,33H,5-30H2,1-4H3,(H,40,50)(H,41,44)(H,42,45)(H,46,47)(H,48,49)/t33-/m0/s1. The highest BCUT2D eigenvalue weighted by Gasteiger charge is 2.30. The molecule has 0 radical (unpaired) electrons. The Hall–Kier alpha value is -3.06. The van der Waals surface area contributed by atoms with Crippen LogP contribution in [-0.4, -0.2) is 90.2 Å². The van der Waals surface area contributed by atoms with Gasteiger partial charge in [-0.3, -0.25) is 24.0 Å². The smallest absolute Gasteiger partial charge is 0.326 e. The number of ether oxygens (including phenoxy) is 2. The second-order valence-electron chi connectivity index (χ2n) is 14.8. The third-order valence-corrected chi connectivity index (χ3v) is 8.66. The number of rotatable bonds is 36. The topological polar surface area (TPSA) is 197 Å². The van der Waals surface area contributed by atoms with Crippen molar-refractivity contribution in [2.75, 3.05) is 33.0 Å². The van der Waals surface area contributed by atoms with E-state index < -0.39 is 35.3 Å². The fraction of sp³-hybridized carbons (Fsp3) is 0.846. The van der Waals surface area contributed by atoms with Gasteiger partial charge in [0, 0.05) is 32.2 Å². The van der Waals surface area contributed by atoms with Crippen LogP contribution in [0.2, 0.25) is 0 Å². The van der Waals surface area contributed by atoms with Gasteiger partial charge in [0.1, 0.15) is 18.2 Å². The van der Waals surface area contributed by atoms with Crippen molar-refractivity contribution in [3.8, 4) is 0 Å². The molecule has 0 fully saturated rings. The van der Waals surface area contributed by atoms with Gasteiger partial charge >= 0.3 is 11.9 Å². The fourth-order valence-electron chi connectivity index (χ4n) is 5.68. The zero-order valence-electron chi connectivity index (χ0n) is 32.7. The maximum absolute atomic E-state index is 12.6. The van der Waals surface area contributed by atoms with E-state index in [2.05, 4.69) is 16.0 Å². The molecular weight excluding hydrogens is 670 g/mol. The first-order valence-electron chi connectivity index (χ1n) is 19.7. The van der Waals surface area contributed by atoms with E-state index in [4.69, 9.17) is 14.6 Å². The molecule has 0 aliphatic heterocycles. The largest absolute Gasteiger partial charge is 0.481 e. The van der Waals surface area contributed by atoms with Crippen LogP contribution in [0, 0.1) is 5.92 Å². The van der Waals surface area contributed by atoms with Gasteiger partial charge in [-0.05, 0) is 39.0 Å². The molecule has 0 aromatic carbocycles. The summed E-state index contributed by atoms with van der Waals surface area (Å²) in [6.45, 7) is 8.05. The highest BCUT2D eigenvalue weighted by Crippen LogP contribution is 2.15. The SMILES string of the molecule is CC(C)CC(=O)COCCOCCNC(=O)C(C)(C)NC(=O)CC[C@H](NC(=O)CCCCCCCCCCCCCCCCCCC(=O)O)C(=O)O. The summed E-state index contributed by atoms with van der Waals surface area (Å²) in [7, 11) is 0. The molecule has 0 spiro atoms. The molecule has 0 rings (SSSR count). The zero-order valence-corrected chi connectivity index (χ0v) is 32.7. The minimum Gasteiger partial charge on any atom is -0.481 e. The molecule has 13 heteroatoms. The zero-order chi connectivity index (χ0) is 39.0. The molecule has 3 amide bonds. The van der Waals surface area contributed by atoms with E-state index in [9.17, 15) is 33.9 Å². The van der Waals surface area contributed by atoms with Crippen LogP contribution in [-0.2, 0) is 38.2 Å². The summed E-state index contributed by atoms with van der Waals surface area (Å²) in [4.78, 5) is 71.4.